The minimum Gasteiger partial charge on any atom is -0.465 e. The topological polar surface area (TPSA) is 88.2 Å². The van der Waals surface area contributed by atoms with Gasteiger partial charge in [-0.25, -0.2) is 4.79 Å². The predicted octanol–water partition coefficient (Wildman–Crippen LogP) is 2.42. The van der Waals surface area contributed by atoms with E-state index >= 15 is 0 Å². The summed E-state index contributed by atoms with van der Waals surface area (Å²) in [6.07, 6.45) is 1.60. The van der Waals surface area contributed by atoms with E-state index in [1.54, 1.807) is 35.4 Å². The van der Waals surface area contributed by atoms with Gasteiger partial charge < -0.3 is 9.64 Å². The van der Waals surface area contributed by atoms with Crippen LogP contribution in [0.1, 0.15) is 26.3 Å². The number of ether oxygens (including phenoxy) is 1. The number of aromatic nitrogens is 3. The number of rotatable bonds is 3. The first kappa shape index (κ1) is 15.1. The molecule has 0 spiro atoms. The van der Waals surface area contributed by atoms with Crippen LogP contribution in [0.25, 0.3) is 11.3 Å². The summed E-state index contributed by atoms with van der Waals surface area (Å²) in [5, 5.41) is 10.2. The van der Waals surface area contributed by atoms with E-state index in [9.17, 15) is 9.59 Å². The average Bonchev–Trinajstić information content (AvgIpc) is 3.29. The predicted molar refractivity (Wildman–Crippen MR) is 90.1 cm³/mol. The van der Waals surface area contributed by atoms with Crippen molar-refractivity contribution in [3.8, 4) is 11.3 Å². The van der Waals surface area contributed by atoms with Gasteiger partial charge in [0.05, 0.1) is 36.8 Å². The lowest BCUT2D eigenvalue weighted by atomic mass is 10.0. The summed E-state index contributed by atoms with van der Waals surface area (Å²) in [6, 6.07) is 12.6. The van der Waals surface area contributed by atoms with E-state index in [1.807, 2.05) is 18.2 Å². The highest BCUT2D eigenvalue weighted by atomic mass is 16.5. The lowest BCUT2D eigenvalue weighted by Crippen LogP contribution is -2.25. The Morgan fingerprint density at radius 2 is 2.08 bits per heavy atom. The van der Waals surface area contributed by atoms with Gasteiger partial charge in [-0.05, 0) is 23.8 Å². The Hall–Kier alpha value is -3.48. The largest absolute Gasteiger partial charge is 0.465 e. The SMILES string of the molecule is COC(=O)c1ccccc1N1Cc2ccc(-c3cnn[nH]3)cc2C1=O. The van der Waals surface area contributed by atoms with Crippen LogP contribution < -0.4 is 4.90 Å². The van der Waals surface area contributed by atoms with Crippen molar-refractivity contribution < 1.29 is 14.3 Å². The van der Waals surface area contributed by atoms with E-state index in [0.717, 1.165) is 16.8 Å². The standard InChI is InChI=1S/C18H14N4O3/c1-25-18(24)13-4-2-3-5-16(13)22-10-12-7-6-11(8-14(12)17(22)23)15-9-19-21-20-15/h2-9H,10H2,1H3,(H,19,20,21). The quantitative estimate of drug-likeness (QED) is 0.743. The molecule has 7 nitrogen and oxygen atoms in total. The number of benzene rings is 2. The molecule has 1 N–H and O–H groups in total. The lowest BCUT2D eigenvalue weighted by Gasteiger charge is -2.18. The van der Waals surface area contributed by atoms with E-state index in [0.29, 0.717) is 23.4 Å². The van der Waals surface area contributed by atoms with Gasteiger partial charge in [0.25, 0.3) is 5.91 Å². The van der Waals surface area contributed by atoms with Gasteiger partial charge >= 0.3 is 5.97 Å². The Labute approximate surface area is 143 Å². The second kappa shape index (κ2) is 5.86. The van der Waals surface area contributed by atoms with Crippen molar-refractivity contribution in [2.24, 2.45) is 0 Å². The monoisotopic (exact) mass is 334 g/mol. The number of nitrogens with one attached hydrogen (secondary N) is 1. The molecule has 0 unspecified atom stereocenters. The molecular formula is C18H14N4O3. The molecule has 0 saturated carbocycles. The van der Waals surface area contributed by atoms with E-state index in [4.69, 9.17) is 4.74 Å². The van der Waals surface area contributed by atoms with Crippen molar-refractivity contribution in [1.82, 2.24) is 15.4 Å². The number of nitrogens with zero attached hydrogens (tertiary/aromatic N) is 3. The number of para-hydroxylation sites is 1. The molecule has 0 saturated heterocycles. The van der Waals surface area contributed by atoms with Crippen LogP contribution in [0.5, 0.6) is 0 Å². The minimum atomic E-state index is -0.469. The fourth-order valence-corrected chi connectivity index (χ4v) is 2.99. The fraction of sp³-hybridized carbons (Fsp3) is 0.111. The van der Waals surface area contributed by atoms with Gasteiger partial charge in [0.2, 0.25) is 0 Å². The zero-order valence-corrected chi connectivity index (χ0v) is 13.4. The van der Waals surface area contributed by atoms with Crippen molar-refractivity contribution in [1.29, 1.82) is 0 Å². The van der Waals surface area contributed by atoms with Crippen molar-refractivity contribution in [3.63, 3.8) is 0 Å². The van der Waals surface area contributed by atoms with Gasteiger partial charge in [-0.15, -0.1) is 5.10 Å². The maximum absolute atomic E-state index is 12.9. The molecule has 1 aromatic heterocycles. The molecule has 2 aromatic carbocycles. The fourth-order valence-electron chi connectivity index (χ4n) is 2.99. The summed E-state index contributed by atoms with van der Waals surface area (Å²) in [7, 11) is 1.32. The second-order valence-corrected chi connectivity index (χ2v) is 5.64. The molecule has 0 atom stereocenters. The van der Waals surface area contributed by atoms with Crippen LogP contribution in [0.4, 0.5) is 5.69 Å². The molecule has 3 aromatic rings. The number of carbonyl (C=O) groups excluding carboxylic acids is 2. The Kier molecular flexibility index (Phi) is 3.53. The third-order valence-electron chi connectivity index (χ3n) is 4.24. The maximum atomic E-state index is 12.9. The zero-order valence-electron chi connectivity index (χ0n) is 13.4. The summed E-state index contributed by atoms with van der Waals surface area (Å²) in [6.45, 7) is 0.406. The van der Waals surface area contributed by atoms with Crippen molar-refractivity contribution in [2.45, 2.75) is 6.54 Å². The normalized spacial score (nSPS) is 13.0. The summed E-state index contributed by atoms with van der Waals surface area (Å²) < 4.78 is 4.82. The number of esters is 1. The third-order valence-corrected chi connectivity index (χ3v) is 4.24. The van der Waals surface area contributed by atoms with Crippen LogP contribution in [0.2, 0.25) is 0 Å². The molecule has 0 radical (unpaired) electrons. The molecule has 124 valence electrons. The molecule has 0 aliphatic carbocycles. The lowest BCUT2D eigenvalue weighted by molar-refractivity contribution is 0.0601. The number of fused-ring (bicyclic) bond motifs is 1. The first-order valence-corrected chi connectivity index (χ1v) is 7.67. The Balaban J connectivity index is 1.74. The highest BCUT2D eigenvalue weighted by Crippen LogP contribution is 2.33. The van der Waals surface area contributed by atoms with Gasteiger partial charge in [0.15, 0.2) is 0 Å². The molecule has 1 aliphatic rings. The smallest absolute Gasteiger partial charge is 0.339 e. The van der Waals surface area contributed by atoms with Crippen molar-refractivity contribution in [2.75, 3.05) is 12.0 Å². The number of amides is 1. The molecule has 7 heteroatoms. The number of hydrogen-bond acceptors (Lipinski definition) is 5. The van der Waals surface area contributed by atoms with E-state index in [1.165, 1.54) is 7.11 Å². The zero-order chi connectivity index (χ0) is 17.4. The second-order valence-electron chi connectivity index (χ2n) is 5.64. The molecule has 0 bridgehead atoms. The van der Waals surface area contributed by atoms with Gasteiger partial charge in [0, 0.05) is 11.1 Å². The van der Waals surface area contributed by atoms with Crippen molar-refractivity contribution >= 4 is 17.6 Å². The molecule has 2 heterocycles. The van der Waals surface area contributed by atoms with E-state index < -0.39 is 5.97 Å². The summed E-state index contributed by atoms with van der Waals surface area (Å²) in [4.78, 5) is 26.5. The highest BCUT2D eigenvalue weighted by Gasteiger charge is 2.31. The average molecular weight is 334 g/mol. The van der Waals surface area contributed by atoms with E-state index in [-0.39, 0.29) is 5.91 Å². The molecular weight excluding hydrogens is 320 g/mol. The minimum absolute atomic E-state index is 0.152. The van der Waals surface area contributed by atoms with E-state index in [2.05, 4.69) is 15.4 Å². The van der Waals surface area contributed by atoms with Crippen LogP contribution in [0.3, 0.4) is 0 Å². The summed E-state index contributed by atoms with van der Waals surface area (Å²) >= 11 is 0. The van der Waals surface area contributed by atoms with Gasteiger partial charge in [0.1, 0.15) is 0 Å². The van der Waals surface area contributed by atoms with Crippen LogP contribution in [0, 0.1) is 0 Å². The van der Waals surface area contributed by atoms with Crippen LogP contribution >= 0.6 is 0 Å². The number of aromatic amines is 1. The first-order valence-electron chi connectivity index (χ1n) is 7.67. The van der Waals surface area contributed by atoms with Crippen LogP contribution in [-0.2, 0) is 11.3 Å². The summed E-state index contributed by atoms with van der Waals surface area (Å²) in [5.74, 6) is -0.621. The molecule has 1 aliphatic heterocycles. The molecule has 0 fully saturated rings. The molecule has 25 heavy (non-hydrogen) atoms. The molecule has 1 amide bonds. The number of anilines is 1. The Bertz CT molecular complexity index is 966. The first-order chi connectivity index (χ1) is 12.2. The number of methoxy groups -OCH3 is 1. The number of hydrogen-bond donors (Lipinski definition) is 1. The van der Waals surface area contributed by atoms with Crippen molar-refractivity contribution in [3.05, 3.63) is 65.4 Å². The third kappa shape index (κ3) is 2.46. The summed E-state index contributed by atoms with van der Waals surface area (Å²) in [5.41, 5.74) is 3.99. The van der Waals surface area contributed by atoms with Crippen LogP contribution in [0.15, 0.2) is 48.7 Å². The van der Waals surface area contributed by atoms with Crippen LogP contribution in [-0.4, -0.2) is 34.4 Å². The maximum Gasteiger partial charge on any atom is 0.339 e. The highest BCUT2D eigenvalue weighted by molar-refractivity contribution is 6.13. The Morgan fingerprint density at radius 3 is 2.84 bits per heavy atom. The molecule has 4 rings (SSSR count). The van der Waals surface area contributed by atoms with Gasteiger partial charge in [-0.1, -0.05) is 29.5 Å². The van der Waals surface area contributed by atoms with Gasteiger partial charge in [-0.2, -0.15) is 0 Å². The van der Waals surface area contributed by atoms with Gasteiger partial charge in [-0.3, -0.25) is 9.89 Å². The number of H-pyrrole nitrogens is 1. The Morgan fingerprint density at radius 1 is 1.24 bits per heavy atom. The number of carbonyl (C=O) groups is 2.